The van der Waals surface area contributed by atoms with Crippen LogP contribution < -0.4 is 11.5 Å². The van der Waals surface area contributed by atoms with Crippen LogP contribution in [0.2, 0.25) is 0 Å². The van der Waals surface area contributed by atoms with Crippen LogP contribution >= 0.6 is 15.9 Å². The molecule has 0 bridgehead atoms. The lowest BCUT2D eigenvalue weighted by Crippen LogP contribution is -2.54. The van der Waals surface area contributed by atoms with Crippen LogP contribution in [0.15, 0.2) is 59.1 Å². The Morgan fingerprint density at radius 1 is 1.00 bits per heavy atom. The fraction of sp³-hybridized carbons (Fsp3) is 0.333. The lowest BCUT2D eigenvalue weighted by molar-refractivity contribution is 0.0146. The van der Waals surface area contributed by atoms with Crippen LogP contribution in [0.1, 0.15) is 17.5 Å². The number of rotatable bonds is 7. The van der Waals surface area contributed by atoms with Gasteiger partial charge in [-0.15, -0.1) is 0 Å². The highest BCUT2D eigenvalue weighted by atomic mass is 79.9. The van der Waals surface area contributed by atoms with Crippen molar-refractivity contribution in [2.24, 2.45) is 11.5 Å². The number of aryl methyl sites for hydroxylation is 1. The van der Waals surface area contributed by atoms with E-state index in [2.05, 4.69) is 15.9 Å². The minimum Gasteiger partial charge on any atom is -0.387 e. The van der Waals surface area contributed by atoms with Crippen molar-refractivity contribution in [3.05, 3.63) is 70.2 Å². The maximum Gasteiger partial charge on any atom is 0.0925 e. The molecule has 22 heavy (non-hydrogen) atoms. The highest BCUT2D eigenvalue weighted by Gasteiger charge is 2.32. The molecule has 0 spiro atoms. The van der Waals surface area contributed by atoms with Crippen molar-refractivity contribution in [2.45, 2.75) is 30.9 Å². The minimum atomic E-state index is -1.05. The SMILES string of the molecule is NC[C@](O)(CCc1ccc(Br)cc1)[C@@H](N)Cc1ccccc1. The quantitative estimate of drug-likeness (QED) is 0.708. The molecule has 118 valence electrons. The Kier molecular flexibility index (Phi) is 6.15. The van der Waals surface area contributed by atoms with E-state index < -0.39 is 5.60 Å². The van der Waals surface area contributed by atoms with Crippen molar-refractivity contribution >= 4 is 15.9 Å². The average molecular weight is 363 g/mol. The van der Waals surface area contributed by atoms with E-state index >= 15 is 0 Å². The second kappa shape index (κ2) is 7.88. The molecule has 0 heterocycles. The summed E-state index contributed by atoms with van der Waals surface area (Å²) in [7, 11) is 0. The van der Waals surface area contributed by atoms with Crippen LogP contribution in [0.25, 0.3) is 0 Å². The van der Waals surface area contributed by atoms with Gasteiger partial charge in [-0.1, -0.05) is 58.4 Å². The molecule has 0 fully saturated rings. The molecule has 2 aromatic rings. The Bertz CT molecular complexity index is 573. The third-order valence-corrected chi connectivity index (χ3v) is 4.63. The van der Waals surface area contributed by atoms with E-state index in [1.54, 1.807) is 0 Å². The summed E-state index contributed by atoms with van der Waals surface area (Å²) in [5.74, 6) is 0. The third-order valence-electron chi connectivity index (χ3n) is 4.10. The Morgan fingerprint density at radius 2 is 1.64 bits per heavy atom. The first-order valence-electron chi connectivity index (χ1n) is 7.50. The Balaban J connectivity index is 1.99. The van der Waals surface area contributed by atoms with Gasteiger partial charge in [-0.3, -0.25) is 0 Å². The molecule has 0 saturated heterocycles. The molecule has 2 rings (SSSR count). The lowest BCUT2D eigenvalue weighted by atomic mass is 9.85. The highest BCUT2D eigenvalue weighted by Crippen LogP contribution is 2.20. The lowest BCUT2D eigenvalue weighted by Gasteiger charge is -2.33. The monoisotopic (exact) mass is 362 g/mol. The van der Waals surface area contributed by atoms with E-state index in [0.717, 1.165) is 16.5 Å². The molecule has 2 atom stereocenters. The molecule has 5 N–H and O–H groups in total. The number of aliphatic hydroxyl groups is 1. The first-order chi connectivity index (χ1) is 10.5. The maximum absolute atomic E-state index is 10.8. The van der Waals surface area contributed by atoms with Crippen LogP contribution in [0.3, 0.4) is 0 Å². The summed E-state index contributed by atoms with van der Waals surface area (Å²) in [6.45, 7) is 0.164. The van der Waals surface area contributed by atoms with Gasteiger partial charge in [-0.2, -0.15) is 0 Å². The van der Waals surface area contributed by atoms with E-state index in [1.165, 1.54) is 5.56 Å². The van der Waals surface area contributed by atoms with Gasteiger partial charge in [0, 0.05) is 17.1 Å². The summed E-state index contributed by atoms with van der Waals surface area (Å²) < 4.78 is 1.05. The number of hydrogen-bond donors (Lipinski definition) is 3. The van der Waals surface area contributed by atoms with Crippen LogP contribution in [-0.2, 0) is 12.8 Å². The predicted molar refractivity (Wildman–Crippen MR) is 94.6 cm³/mol. The molecule has 0 aliphatic rings. The van der Waals surface area contributed by atoms with Crippen molar-refractivity contribution in [3.63, 3.8) is 0 Å². The van der Waals surface area contributed by atoms with Gasteiger partial charge in [0.05, 0.1) is 5.60 Å². The molecule has 0 saturated carbocycles. The predicted octanol–water partition coefficient (Wildman–Crippen LogP) is 2.64. The first-order valence-corrected chi connectivity index (χ1v) is 8.29. The zero-order valence-corrected chi connectivity index (χ0v) is 14.2. The van der Waals surface area contributed by atoms with E-state index in [1.807, 2.05) is 54.6 Å². The summed E-state index contributed by atoms with van der Waals surface area (Å²) in [5.41, 5.74) is 13.3. The van der Waals surface area contributed by atoms with Gasteiger partial charge in [-0.05, 0) is 42.5 Å². The molecule has 4 heteroatoms. The Hall–Kier alpha value is -1.20. The number of halogens is 1. The van der Waals surface area contributed by atoms with Crippen molar-refractivity contribution in [2.75, 3.05) is 6.54 Å². The fourth-order valence-corrected chi connectivity index (χ4v) is 2.77. The second-order valence-electron chi connectivity index (χ2n) is 5.73. The molecule has 0 amide bonds. The Labute approximate surface area is 140 Å². The zero-order valence-electron chi connectivity index (χ0n) is 12.6. The van der Waals surface area contributed by atoms with Gasteiger partial charge in [0.15, 0.2) is 0 Å². The van der Waals surface area contributed by atoms with E-state index in [9.17, 15) is 5.11 Å². The minimum absolute atomic E-state index is 0.164. The molecular formula is C18H23BrN2O. The maximum atomic E-state index is 10.8. The standard InChI is InChI=1S/C18H23BrN2O/c19-16-8-6-14(7-9-16)10-11-18(22,13-20)17(21)12-15-4-2-1-3-5-15/h1-9,17,22H,10-13,20-21H2/t17-,18+/m0/s1. The van der Waals surface area contributed by atoms with Gasteiger partial charge in [0.1, 0.15) is 0 Å². The zero-order chi connectivity index (χ0) is 16.0. The van der Waals surface area contributed by atoms with Crippen molar-refractivity contribution in [3.8, 4) is 0 Å². The van der Waals surface area contributed by atoms with Gasteiger partial charge >= 0.3 is 0 Å². The largest absolute Gasteiger partial charge is 0.387 e. The molecule has 3 nitrogen and oxygen atoms in total. The molecule has 0 aliphatic carbocycles. The van der Waals surface area contributed by atoms with Crippen LogP contribution in [0.5, 0.6) is 0 Å². The van der Waals surface area contributed by atoms with Gasteiger partial charge in [-0.25, -0.2) is 0 Å². The van der Waals surface area contributed by atoms with Gasteiger partial charge in [0.2, 0.25) is 0 Å². The topological polar surface area (TPSA) is 72.3 Å². The molecule has 0 aromatic heterocycles. The molecule has 0 unspecified atom stereocenters. The molecular weight excluding hydrogens is 340 g/mol. The third kappa shape index (κ3) is 4.65. The molecule has 2 aromatic carbocycles. The van der Waals surface area contributed by atoms with Crippen LogP contribution in [-0.4, -0.2) is 23.3 Å². The van der Waals surface area contributed by atoms with Crippen LogP contribution in [0.4, 0.5) is 0 Å². The van der Waals surface area contributed by atoms with E-state index in [-0.39, 0.29) is 12.6 Å². The first kappa shape index (κ1) is 17.2. The van der Waals surface area contributed by atoms with Crippen molar-refractivity contribution in [1.29, 1.82) is 0 Å². The number of nitrogens with two attached hydrogens (primary N) is 2. The number of benzene rings is 2. The fourth-order valence-electron chi connectivity index (χ4n) is 2.51. The summed E-state index contributed by atoms with van der Waals surface area (Å²) in [5, 5.41) is 10.8. The Morgan fingerprint density at radius 3 is 2.23 bits per heavy atom. The van der Waals surface area contributed by atoms with E-state index in [4.69, 9.17) is 11.5 Å². The normalized spacial score (nSPS) is 15.3. The van der Waals surface area contributed by atoms with Gasteiger partial charge < -0.3 is 16.6 Å². The summed E-state index contributed by atoms with van der Waals surface area (Å²) in [4.78, 5) is 0. The highest BCUT2D eigenvalue weighted by molar-refractivity contribution is 9.10. The van der Waals surface area contributed by atoms with E-state index in [0.29, 0.717) is 12.8 Å². The van der Waals surface area contributed by atoms with Crippen LogP contribution in [0, 0.1) is 0 Å². The molecule has 0 aliphatic heterocycles. The summed E-state index contributed by atoms with van der Waals surface area (Å²) in [6.07, 6.45) is 1.93. The summed E-state index contributed by atoms with van der Waals surface area (Å²) in [6, 6.07) is 17.7. The smallest absolute Gasteiger partial charge is 0.0925 e. The second-order valence-corrected chi connectivity index (χ2v) is 6.65. The number of hydrogen-bond acceptors (Lipinski definition) is 3. The van der Waals surface area contributed by atoms with Crippen molar-refractivity contribution in [1.82, 2.24) is 0 Å². The van der Waals surface area contributed by atoms with Crippen molar-refractivity contribution < 1.29 is 5.11 Å². The average Bonchev–Trinajstić information content (AvgIpc) is 2.55. The molecule has 0 radical (unpaired) electrons. The summed E-state index contributed by atoms with van der Waals surface area (Å²) >= 11 is 3.42. The van der Waals surface area contributed by atoms with Gasteiger partial charge in [0.25, 0.3) is 0 Å².